The first kappa shape index (κ1) is 11.8. The van der Waals surface area contributed by atoms with Crippen LogP contribution >= 0.6 is 0 Å². The summed E-state index contributed by atoms with van der Waals surface area (Å²) in [4.78, 5) is 16.5. The van der Waals surface area contributed by atoms with Gasteiger partial charge < -0.3 is 5.32 Å². The molecule has 1 fully saturated rings. The molecule has 1 aliphatic rings. The van der Waals surface area contributed by atoms with Crippen LogP contribution in [0.1, 0.15) is 20.3 Å². The second-order valence-corrected chi connectivity index (χ2v) is 5.16. The molecule has 0 spiro atoms. The number of anilines is 2. The highest BCUT2D eigenvalue weighted by Crippen LogP contribution is 2.46. The minimum atomic E-state index is 0.274. The Morgan fingerprint density at radius 1 is 1.32 bits per heavy atom. The van der Waals surface area contributed by atoms with E-state index in [1.54, 1.807) is 0 Å². The van der Waals surface area contributed by atoms with Crippen LogP contribution < -0.4 is 16.6 Å². The maximum absolute atomic E-state index is 5.36. The minimum absolute atomic E-state index is 0.274. The molecule has 0 aliphatic heterocycles. The Morgan fingerprint density at radius 3 is 2.63 bits per heavy atom. The van der Waals surface area contributed by atoms with Gasteiger partial charge in [-0.1, -0.05) is 13.8 Å². The molecule has 2 aromatic rings. The molecule has 0 amide bonds. The van der Waals surface area contributed by atoms with Crippen molar-refractivity contribution in [2.75, 3.05) is 10.7 Å². The lowest BCUT2D eigenvalue weighted by Gasteiger charge is -2.09. The van der Waals surface area contributed by atoms with Crippen LogP contribution in [0.2, 0.25) is 0 Å². The second kappa shape index (κ2) is 4.12. The monoisotopic (exact) mass is 261 g/mol. The number of nitrogens with two attached hydrogens (primary N) is 1. The van der Waals surface area contributed by atoms with E-state index in [1.807, 2.05) is 0 Å². The summed E-state index contributed by atoms with van der Waals surface area (Å²) in [7, 11) is 0. The quantitative estimate of drug-likeness (QED) is 0.517. The van der Waals surface area contributed by atoms with Gasteiger partial charge in [0.25, 0.3) is 5.95 Å². The first-order chi connectivity index (χ1) is 9.08. The number of hydrogen-bond donors (Lipinski definition) is 3. The molecule has 0 bridgehead atoms. The van der Waals surface area contributed by atoms with Gasteiger partial charge in [-0.2, -0.15) is 24.7 Å². The average Bonchev–Trinajstić information content (AvgIpc) is 2.85. The van der Waals surface area contributed by atoms with Crippen molar-refractivity contribution in [3.63, 3.8) is 0 Å². The molecule has 1 atom stereocenters. The Kier molecular flexibility index (Phi) is 2.56. The molecule has 9 nitrogen and oxygen atoms in total. The van der Waals surface area contributed by atoms with Gasteiger partial charge in [0.2, 0.25) is 11.9 Å². The van der Waals surface area contributed by atoms with E-state index in [4.69, 9.17) is 5.84 Å². The molecular weight excluding hydrogens is 246 g/mol. The molecule has 4 N–H and O–H groups in total. The predicted molar refractivity (Wildman–Crippen MR) is 68.4 cm³/mol. The first-order valence-electron chi connectivity index (χ1n) is 5.93. The number of hydrazine groups is 1. The van der Waals surface area contributed by atoms with Crippen molar-refractivity contribution in [2.24, 2.45) is 11.3 Å². The highest BCUT2D eigenvalue weighted by atomic mass is 15.4. The zero-order valence-electron chi connectivity index (χ0n) is 10.7. The van der Waals surface area contributed by atoms with E-state index in [0.29, 0.717) is 17.9 Å². The molecule has 0 saturated heterocycles. The smallest absolute Gasteiger partial charge is 0.258 e. The van der Waals surface area contributed by atoms with E-state index in [-0.39, 0.29) is 11.4 Å². The van der Waals surface area contributed by atoms with Crippen molar-refractivity contribution in [2.45, 2.75) is 26.3 Å². The number of aromatic nitrogens is 6. The SMILES string of the molecule is CC1(C)CC1Nc1nc(NN)nc(-n2cncn2)n1. The Bertz CT molecular complexity index is 577. The van der Waals surface area contributed by atoms with Crippen LogP contribution in [0.5, 0.6) is 0 Å². The summed E-state index contributed by atoms with van der Waals surface area (Å²) in [5.41, 5.74) is 2.69. The fourth-order valence-electron chi connectivity index (χ4n) is 1.78. The van der Waals surface area contributed by atoms with Crippen LogP contribution in [0.25, 0.3) is 5.95 Å². The Morgan fingerprint density at radius 2 is 2.05 bits per heavy atom. The maximum atomic E-state index is 5.36. The number of nitrogens with zero attached hydrogens (tertiary/aromatic N) is 6. The van der Waals surface area contributed by atoms with E-state index >= 15 is 0 Å². The Hall–Kier alpha value is -2.29. The molecule has 2 aromatic heterocycles. The highest BCUT2D eigenvalue weighted by Gasteiger charge is 2.46. The standard InChI is InChI=1S/C10H15N9/c1-10(2)3-6(10)14-7-15-8(18-11)17-9(16-7)19-5-12-4-13-19/h4-6H,3,11H2,1-2H3,(H2,14,15,16,17,18). The van der Waals surface area contributed by atoms with Gasteiger partial charge in [0.05, 0.1) is 0 Å². The lowest BCUT2D eigenvalue weighted by molar-refractivity contribution is 0.628. The summed E-state index contributed by atoms with van der Waals surface area (Å²) in [5.74, 6) is 6.48. The summed E-state index contributed by atoms with van der Waals surface area (Å²) in [6.45, 7) is 4.37. The van der Waals surface area contributed by atoms with E-state index in [9.17, 15) is 0 Å². The van der Waals surface area contributed by atoms with E-state index in [0.717, 1.165) is 6.42 Å². The third kappa shape index (κ3) is 2.32. The topological polar surface area (TPSA) is 119 Å². The third-order valence-electron chi connectivity index (χ3n) is 3.19. The van der Waals surface area contributed by atoms with Crippen molar-refractivity contribution in [3.8, 4) is 5.95 Å². The normalized spacial score (nSPS) is 20.1. The van der Waals surface area contributed by atoms with E-state index in [1.165, 1.54) is 17.3 Å². The maximum Gasteiger partial charge on any atom is 0.258 e. The van der Waals surface area contributed by atoms with E-state index in [2.05, 4.69) is 49.6 Å². The lowest BCUT2D eigenvalue weighted by Crippen LogP contribution is -2.18. The number of nitrogens with one attached hydrogen (secondary N) is 2. The van der Waals surface area contributed by atoms with Gasteiger partial charge in [-0.25, -0.2) is 10.8 Å². The third-order valence-corrected chi connectivity index (χ3v) is 3.19. The molecule has 1 aliphatic carbocycles. The van der Waals surface area contributed by atoms with Gasteiger partial charge in [-0.15, -0.1) is 0 Å². The molecular formula is C10H15N9. The average molecular weight is 261 g/mol. The van der Waals surface area contributed by atoms with Gasteiger partial charge >= 0.3 is 0 Å². The summed E-state index contributed by atoms with van der Waals surface area (Å²) in [5, 5.41) is 7.25. The highest BCUT2D eigenvalue weighted by molar-refractivity contribution is 5.39. The van der Waals surface area contributed by atoms with Crippen LogP contribution in [-0.2, 0) is 0 Å². The molecule has 2 heterocycles. The van der Waals surface area contributed by atoms with Gasteiger partial charge in [-0.3, -0.25) is 5.43 Å². The molecule has 3 rings (SSSR count). The molecule has 1 unspecified atom stereocenters. The minimum Gasteiger partial charge on any atom is -0.351 e. The van der Waals surface area contributed by atoms with Gasteiger partial charge in [0.1, 0.15) is 12.7 Å². The largest absolute Gasteiger partial charge is 0.351 e. The van der Waals surface area contributed by atoms with Crippen LogP contribution in [0.15, 0.2) is 12.7 Å². The van der Waals surface area contributed by atoms with E-state index < -0.39 is 0 Å². The van der Waals surface area contributed by atoms with Crippen LogP contribution in [0, 0.1) is 5.41 Å². The van der Waals surface area contributed by atoms with Crippen molar-refractivity contribution < 1.29 is 0 Å². The van der Waals surface area contributed by atoms with Crippen molar-refractivity contribution >= 4 is 11.9 Å². The molecule has 0 aromatic carbocycles. The van der Waals surface area contributed by atoms with Gasteiger partial charge in [-0.05, 0) is 11.8 Å². The zero-order valence-corrected chi connectivity index (χ0v) is 10.7. The predicted octanol–water partition coefficient (Wildman–Crippen LogP) is -0.0517. The summed E-state index contributed by atoms with van der Waals surface area (Å²) < 4.78 is 1.45. The molecule has 1 saturated carbocycles. The summed E-state index contributed by atoms with van der Waals surface area (Å²) >= 11 is 0. The first-order valence-corrected chi connectivity index (χ1v) is 5.93. The van der Waals surface area contributed by atoms with Crippen LogP contribution in [0.4, 0.5) is 11.9 Å². The van der Waals surface area contributed by atoms with Crippen molar-refractivity contribution in [1.82, 2.24) is 29.7 Å². The Balaban J connectivity index is 1.89. The molecule has 9 heteroatoms. The van der Waals surface area contributed by atoms with Crippen molar-refractivity contribution in [1.29, 1.82) is 0 Å². The fraction of sp³-hybridized carbons (Fsp3) is 0.500. The number of nitrogen functional groups attached to an aromatic ring is 1. The van der Waals surface area contributed by atoms with Crippen LogP contribution in [0.3, 0.4) is 0 Å². The van der Waals surface area contributed by atoms with Gasteiger partial charge in [0, 0.05) is 6.04 Å². The lowest BCUT2D eigenvalue weighted by atomic mass is 10.2. The fourth-order valence-corrected chi connectivity index (χ4v) is 1.78. The zero-order chi connectivity index (χ0) is 13.5. The molecule has 19 heavy (non-hydrogen) atoms. The van der Waals surface area contributed by atoms with Crippen molar-refractivity contribution in [3.05, 3.63) is 12.7 Å². The summed E-state index contributed by atoms with van der Waals surface area (Å²) in [6, 6.07) is 0.365. The molecule has 100 valence electrons. The van der Waals surface area contributed by atoms with Crippen LogP contribution in [-0.4, -0.2) is 35.8 Å². The second-order valence-electron chi connectivity index (χ2n) is 5.16. The number of rotatable bonds is 4. The van der Waals surface area contributed by atoms with Gasteiger partial charge in [0.15, 0.2) is 0 Å². The summed E-state index contributed by atoms with van der Waals surface area (Å²) in [6.07, 6.45) is 4.01. The molecule has 0 radical (unpaired) electrons. The number of hydrogen-bond acceptors (Lipinski definition) is 8. The Labute approximate surface area is 109 Å².